The van der Waals surface area contributed by atoms with E-state index in [2.05, 4.69) is 15.5 Å². The number of fused-ring (bicyclic) bond motifs is 1. The van der Waals surface area contributed by atoms with Crippen LogP contribution in [0.2, 0.25) is 0 Å². The third-order valence-electron chi connectivity index (χ3n) is 5.14. The van der Waals surface area contributed by atoms with Crippen molar-refractivity contribution in [2.75, 3.05) is 45.7 Å². The van der Waals surface area contributed by atoms with Crippen molar-refractivity contribution in [3.05, 3.63) is 24.3 Å². The molecule has 3 rings (SSSR count). The van der Waals surface area contributed by atoms with Crippen molar-refractivity contribution < 1.29 is 14.3 Å². The van der Waals surface area contributed by atoms with Gasteiger partial charge in [0.2, 0.25) is 11.8 Å². The molecule has 2 amide bonds. The molecule has 0 aromatic heterocycles. The normalized spacial score (nSPS) is 24.7. The topological polar surface area (TPSA) is 70.7 Å². The summed E-state index contributed by atoms with van der Waals surface area (Å²) in [5.41, 5.74) is 0.753. The number of thioether (sulfide) groups is 1. The lowest BCUT2D eigenvalue weighted by Gasteiger charge is -2.40. The van der Waals surface area contributed by atoms with Crippen molar-refractivity contribution in [3.63, 3.8) is 0 Å². The molecule has 1 aromatic rings. The predicted molar refractivity (Wildman–Crippen MR) is 103 cm³/mol. The van der Waals surface area contributed by atoms with Crippen LogP contribution >= 0.6 is 11.8 Å². The SMILES string of the molecule is CN(C)CC1(CNC(=O)C2(C)Sc3ccccc3NC2=O)CCOCC1. The Bertz CT molecular complexity index is 688. The fourth-order valence-electron chi connectivity index (χ4n) is 3.62. The van der Waals surface area contributed by atoms with E-state index in [4.69, 9.17) is 4.74 Å². The minimum Gasteiger partial charge on any atom is -0.381 e. The Labute approximate surface area is 159 Å². The molecule has 1 saturated heterocycles. The van der Waals surface area contributed by atoms with Gasteiger partial charge >= 0.3 is 0 Å². The fraction of sp³-hybridized carbons (Fsp3) is 0.579. The van der Waals surface area contributed by atoms with Gasteiger partial charge in [-0.25, -0.2) is 0 Å². The van der Waals surface area contributed by atoms with E-state index < -0.39 is 4.75 Å². The first-order valence-electron chi connectivity index (χ1n) is 8.95. The molecular weight excluding hydrogens is 350 g/mol. The number of benzene rings is 1. The van der Waals surface area contributed by atoms with Gasteiger partial charge in [-0.2, -0.15) is 0 Å². The Morgan fingerprint density at radius 1 is 1.31 bits per heavy atom. The first kappa shape index (κ1) is 19.2. The molecule has 1 fully saturated rings. The minimum absolute atomic E-state index is 0.0124. The molecule has 142 valence electrons. The summed E-state index contributed by atoms with van der Waals surface area (Å²) in [6, 6.07) is 7.57. The van der Waals surface area contributed by atoms with Crippen LogP contribution in [-0.2, 0) is 14.3 Å². The van der Waals surface area contributed by atoms with Gasteiger partial charge in [-0.3, -0.25) is 9.59 Å². The van der Waals surface area contributed by atoms with Gasteiger partial charge in [0.15, 0.2) is 4.75 Å². The monoisotopic (exact) mass is 377 g/mol. The summed E-state index contributed by atoms with van der Waals surface area (Å²) < 4.78 is 4.34. The quantitative estimate of drug-likeness (QED) is 0.768. The van der Waals surface area contributed by atoms with E-state index >= 15 is 0 Å². The molecule has 26 heavy (non-hydrogen) atoms. The molecule has 0 spiro atoms. The van der Waals surface area contributed by atoms with E-state index in [9.17, 15) is 9.59 Å². The van der Waals surface area contributed by atoms with Crippen LogP contribution < -0.4 is 10.6 Å². The van der Waals surface area contributed by atoms with Gasteiger partial charge in [-0.15, -0.1) is 0 Å². The number of ether oxygens (including phenoxy) is 1. The van der Waals surface area contributed by atoms with Crippen LogP contribution in [0.3, 0.4) is 0 Å². The molecule has 0 bridgehead atoms. The van der Waals surface area contributed by atoms with E-state index in [0.29, 0.717) is 19.8 Å². The average molecular weight is 378 g/mol. The van der Waals surface area contributed by atoms with Crippen molar-refractivity contribution in [1.82, 2.24) is 10.2 Å². The van der Waals surface area contributed by atoms with Gasteiger partial charge in [-0.1, -0.05) is 23.9 Å². The average Bonchev–Trinajstić information content (AvgIpc) is 2.61. The fourth-order valence-corrected chi connectivity index (χ4v) is 4.74. The second-order valence-corrected chi connectivity index (χ2v) is 9.08. The Morgan fingerprint density at radius 3 is 2.69 bits per heavy atom. The smallest absolute Gasteiger partial charge is 0.250 e. The second kappa shape index (κ2) is 7.58. The highest BCUT2D eigenvalue weighted by Gasteiger charge is 2.46. The summed E-state index contributed by atoms with van der Waals surface area (Å²) in [4.78, 5) is 28.6. The summed E-state index contributed by atoms with van der Waals surface area (Å²) in [6.07, 6.45) is 1.81. The summed E-state index contributed by atoms with van der Waals surface area (Å²) >= 11 is 1.32. The van der Waals surface area contributed by atoms with E-state index in [1.54, 1.807) is 6.92 Å². The Morgan fingerprint density at radius 2 is 2.00 bits per heavy atom. The molecule has 7 heteroatoms. The van der Waals surface area contributed by atoms with Crippen molar-refractivity contribution in [2.24, 2.45) is 5.41 Å². The summed E-state index contributed by atoms with van der Waals surface area (Å²) in [5.74, 6) is -0.508. The number of nitrogens with one attached hydrogen (secondary N) is 2. The third-order valence-corrected chi connectivity index (χ3v) is 6.50. The number of carbonyl (C=O) groups excluding carboxylic acids is 2. The third kappa shape index (κ3) is 3.89. The van der Waals surface area contributed by atoms with Gasteiger partial charge in [0, 0.05) is 36.6 Å². The van der Waals surface area contributed by atoms with Crippen molar-refractivity contribution in [3.8, 4) is 0 Å². The van der Waals surface area contributed by atoms with Gasteiger partial charge in [-0.05, 0) is 46.0 Å². The Hall–Kier alpha value is -1.57. The molecule has 0 aliphatic carbocycles. The van der Waals surface area contributed by atoms with E-state index in [-0.39, 0.29) is 17.2 Å². The van der Waals surface area contributed by atoms with Crippen LogP contribution in [0.5, 0.6) is 0 Å². The lowest BCUT2D eigenvalue weighted by atomic mass is 9.79. The highest BCUT2D eigenvalue weighted by atomic mass is 32.2. The molecule has 1 unspecified atom stereocenters. The van der Waals surface area contributed by atoms with Gasteiger partial charge in [0.05, 0.1) is 5.69 Å². The summed E-state index contributed by atoms with van der Waals surface area (Å²) in [7, 11) is 4.09. The van der Waals surface area contributed by atoms with E-state index in [0.717, 1.165) is 30.0 Å². The van der Waals surface area contributed by atoms with Crippen LogP contribution in [-0.4, -0.2) is 61.9 Å². The Balaban J connectivity index is 1.71. The number of hydrogen-bond donors (Lipinski definition) is 2. The lowest BCUT2D eigenvalue weighted by molar-refractivity contribution is -0.130. The van der Waals surface area contributed by atoms with E-state index in [1.807, 2.05) is 38.4 Å². The highest BCUT2D eigenvalue weighted by Crippen LogP contribution is 2.42. The number of anilines is 1. The number of hydrogen-bond acceptors (Lipinski definition) is 5. The molecule has 0 radical (unpaired) electrons. The van der Waals surface area contributed by atoms with Crippen LogP contribution in [0.25, 0.3) is 0 Å². The maximum Gasteiger partial charge on any atom is 0.250 e. The zero-order valence-corrected chi connectivity index (χ0v) is 16.4. The molecule has 2 aliphatic heterocycles. The second-order valence-electron chi connectivity index (χ2n) is 7.62. The predicted octanol–water partition coefficient (Wildman–Crippen LogP) is 1.96. The number of amides is 2. The van der Waals surface area contributed by atoms with Gasteiger partial charge < -0.3 is 20.3 Å². The molecule has 2 heterocycles. The molecule has 0 saturated carbocycles. The van der Waals surface area contributed by atoms with Crippen LogP contribution in [0.4, 0.5) is 5.69 Å². The minimum atomic E-state index is -1.17. The first-order chi connectivity index (χ1) is 12.3. The van der Waals surface area contributed by atoms with Gasteiger partial charge in [0.1, 0.15) is 0 Å². The van der Waals surface area contributed by atoms with Crippen molar-refractivity contribution >= 4 is 29.3 Å². The molecule has 2 N–H and O–H groups in total. The molecule has 1 atom stereocenters. The molecule has 6 nitrogen and oxygen atoms in total. The number of nitrogens with zero attached hydrogens (tertiary/aromatic N) is 1. The zero-order chi connectivity index (χ0) is 18.8. The largest absolute Gasteiger partial charge is 0.381 e. The zero-order valence-electron chi connectivity index (χ0n) is 15.6. The van der Waals surface area contributed by atoms with Crippen molar-refractivity contribution in [1.29, 1.82) is 0 Å². The van der Waals surface area contributed by atoms with Crippen LogP contribution in [0.15, 0.2) is 29.2 Å². The van der Waals surface area contributed by atoms with Gasteiger partial charge in [0.25, 0.3) is 0 Å². The number of carbonyl (C=O) groups is 2. The summed E-state index contributed by atoms with van der Waals surface area (Å²) in [5, 5.41) is 5.93. The number of para-hydroxylation sites is 1. The number of rotatable bonds is 5. The van der Waals surface area contributed by atoms with E-state index in [1.165, 1.54) is 11.8 Å². The Kier molecular flexibility index (Phi) is 5.60. The standard InChI is InChI=1S/C19H27N3O3S/c1-18(17(24)21-14-6-4-5-7-15(14)26-18)16(23)20-12-19(13-22(2)3)8-10-25-11-9-19/h4-7H,8-13H2,1-3H3,(H,20,23)(H,21,24). The van der Waals surface area contributed by atoms with Crippen LogP contribution in [0.1, 0.15) is 19.8 Å². The van der Waals surface area contributed by atoms with Crippen molar-refractivity contribution in [2.45, 2.75) is 29.4 Å². The summed E-state index contributed by atoms with van der Waals surface area (Å²) in [6.45, 7) is 4.56. The maximum atomic E-state index is 13.0. The van der Waals surface area contributed by atoms with Crippen LogP contribution in [0, 0.1) is 5.41 Å². The molecular formula is C19H27N3O3S. The maximum absolute atomic E-state index is 13.0. The molecule has 1 aromatic carbocycles. The molecule has 2 aliphatic rings. The lowest BCUT2D eigenvalue weighted by Crippen LogP contribution is -2.55. The first-order valence-corrected chi connectivity index (χ1v) is 9.77. The highest BCUT2D eigenvalue weighted by molar-refractivity contribution is 8.02.